The van der Waals surface area contributed by atoms with Gasteiger partial charge in [0.15, 0.2) is 0 Å². The topological polar surface area (TPSA) is 52.0 Å². The summed E-state index contributed by atoms with van der Waals surface area (Å²) in [5.41, 5.74) is 0.978. The van der Waals surface area contributed by atoms with Gasteiger partial charge in [-0.1, -0.05) is 31.4 Å². The summed E-state index contributed by atoms with van der Waals surface area (Å²) >= 11 is 0. The molecule has 1 aliphatic carbocycles. The van der Waals surface area contributed by atoms with Gasteiger partial charge in [-0.15, -0.1) is 5.10 Å². The number of nitrogens with one attached hydrogen (secondary N) is 1. The largest absolute Gasteiger partial charge is 0.376 e. The summed E-state index contributed by atoms with van der Waals surface area (Å²) in [6.07, 6.45) is 8.88. The van der Waals surface area contributed by atoms with Crippen molar-refractivity contribution >= 4 is 0 Å². The molecule has 1 heterocycles. The maximum atomic E-state index is 5.98. The maximum Gasteiger partial charge on any atom is 0.0964 e. The van der Waals surface area contributed by atoms with E-state index in [0.717, 1.165) is 31.3 Å². The summed E-state index contributed by atoms with van der Waals surface area (Å²) < 4.78 is 7.85. The molecule has 108 valence electrons. The van der Waals surface area contributed by atoms with Gasteiger partial charge in [0.05, 0.1) is 24.9 Å². The van der Waals surface area contributed by atoms with Crippen molar-refractivity contribution in [3.63, 3.8) is 0 Å². The van der Waals surface area contributed by atoms with Crippen molar-refractivity contribution < 1.29 is 4.74 Å². The molecule has 0 aromatic carbocycles. The normalized spacial score (nSPS) is 23.7. The SMILES string of the molecule is CCC1CCCC(OCCn2cc(CNC)nn2)C1. The fourth-order valence-electron chi connectivity index (χ4n) is 2.79. The van der Waals surface area contributed by atoms with Crippen molar-refractivity contribution in [2.45, 2.75) is 58.2 Å². The van der Waals surface area contributed by atoms with Crippen LogP contribution in [0.3, 0.4) is 0 Å². The van der Waals surface area contributed by atoms with E-state index in [1.165, 1.54) is 32.1 Å². The summed E-state index contributed by atoms with van der Waals surface area (Å²) in [7, 11) is 1.91. The average Bonchev–Trinajstić information content (AvgIpc) is 2.87. The minimum atomic E-state index is 0.457. The Morgan fingerprint density at radius 2 is 2.37 bits per heavy atom. The van der Waals surface area contributed by atoms with Crippen LogP contribution in [0.1, 0.15) is 44.7 Å². The molecule has 1 fully saturated rings. The van der Waals surface area contributed by atoms with E-state index in [-0.39, 0.29) is 0 Å². The molecule has 1 saturated carbocycles. The first-order chi connectivity index (χ1) is 9.31. The molecule has 5 nitrogen and oxygen atoms in total. The highest BCUT2D eigenvalue weighted by molar-refractivity contribution is 4.90. The fraction of sp³-hybridized carbons (Fsp3) is 0.857. The van der Waals surface area contributed by atoms with Crippen LogP contribution in [0.5, 0.6) is 0 Å². The molecular formula is C14H26N4O. The fourth-order valence-corrected chi connectivity index (χ4v) is 2.79. The van der Waals surface area contributed by atoms with E-state index in [1.807, 2.05) is 17.9 Å². The van der Waals surface area contributed by atoms with E-state index in [1.54, 1.807) is 0 Å². The van der Waals surface area contributed by atoms with Crippen LogP contribution in [0.4, 0.5) is 0 Å². The molecule has 2 atom stereocenters. The molecule has 0 radical (unpaired) electrons. The number of hydrogen-bond donors (Lipinski definition) is 1. The third-order valence-corrected chi connectivity index (χ3v) is 3.93. The quantitative estimate of drug-likeness (QED) is 0.820. The van der Waals surface area contributed by atoms with Crippen LogP contribution in [-0.4, -0.2) is 34.8 Å². The zero-order valence-corrected chi connectivity index (χ0v) is 12.1. The number of ether oxygens (including phenoxy) is 1. The predicted octanol–water partition coefficient (Wildman–Crippen LogP) is 1.98. The third-order valence-electron chi connectivity index (χ3n) is 3.93. The lowest BCUT2D eigenvalue weighted by atomic mass is 9.85. The molecule has 1 N–H and O–H groups in total. The predicted molar refractivity (Wildman–Crippen MR) is 74.8 cm³/mol. The molecule has 5 heteroatoms. The second kappa shape index (κ2) is 7.60. The van der Waals surface area contributed by atoms with Gasteiger partial charge in [-0.05, 0) is 25.8 Å². The van der Waals surface area contributed by atoms with Crippen LogP contribution >= 0.6 is 0 Å². The second-order valence-electron chi connectivity index (χ2n) is 5.44. The molecule has 0 aliphatic heterocycles. The Labute approximate surface area is 115 Å². The van der Waals surface area contributed by atoms with Crippen molar-refractivity contribution in [3.8, 4) is 0 Å². The Kier molecular flexibility index (Phi) is 5.79. The van der Waals surface area contributed by atoms with Crippen LogP contribution in [0.2, 0.25) is 0 Å². The van der Waals surface area contributed by atoms with Gasteiger partial charge in [-0.3, -0.25) is 0 Å². The summed E-state index contributed by atoms with van der Waals surface area (Å²) in [4.78, 5) is 0. The first kappa shape index (κ1) is 14.5. The Morgan fingerprint density at radius 1 is 1.47 bits per heavy atom. The maximum absolute atomic E-state index is 5.98. The van der Waals surface area contributed by atoms with Gasteiger partial charge < -0.3 is 10.1 Å². The van der Waals surface area contributed by atoms with Crippen LogP contribution in [0.25, 0.3) is 0 Å². The van der Waals surface area contributed by atoms with Crippen LogP contribution < -0.4 is 5.32 Å². The van der Waals surface area contributed by atoms with Gasteiger partial charge in [0.1, 0.15) is 0 Å². The number of nitrogens with zero attached hydrogens (tertiary/aromatic N) is 3. The molecule has 0 bridgehead atoms. The first-order valence-corrected chi connectivity index (χ1v) is 7.47. The van der Waals surface area contributed by atoms with E-state index in [4.69, 9.17) is 4.74 Å². The van der Waals surface area contributed by atoms with E-state index in [0.29, 0.717) is 6.10 Å². The van der Waals surface area contributed by atoms with Crippen molar-refractivity contribution in [1.82, 2.24) is 20.3 Å². The summed E-state index contributed by atoms with van der Waals surface area (Å²) in [5.74, 6) is 0.868. The number of rotatable bonds is 7. The lowest BCUT2D eigenvalue weighted by molar-refractivity contribution is 0.00752. The average molecular weight is 266 g/mol. The van der Waals surface area contributed by atoms with Crippen LogP contribution in [0, 0.1) is 5.92 Å². The van der Waals surface area contributed by atoms with E-state index < -0.39 is 0 Å². The summed E-state index contributed by atoms with van der Waals surface area (Å²) in [6.45, 7) is 4.58. The van der Waals surface area contributed by atoms with Crippen molar-refractivity contribution in [3.05, 3.63) is 11.9 Å². The van der Waals surface area contributed by atoms with Crippen LogP contribution in [-0.2, 0) is 17.8 Å². The van der Waals surface area contributed by atoms with Gasteiger partial charge >= 0.3 is 0 Å². The monoisotopic (exact) mass is 266 g/mol. The zero-order valence-electron chi connectivity index (χ0n) is 12.1. The molecule has 2 rings (SSSR count). The Balaban J connectivity index is 1.67. The van der Waals surface area contributed by atoms with Gasteiger partial charge in [-0.2, -0.15) is 0 Å². The van der Waals surface area contributed by atoms with Gasteiger partial charge in [0, 0.05) is 12.7 Å². The molecule has 0 spiro atoms. The van der Waals surface area contributed by atoms with Crippen molar-refractivity contribution in [2.24, 2.45) is 5.92 Å². The first-order valence-electron chi connectivity index (χ1n) is 7.47. The molecule has 0 amide bonds. The Hall–Kier alpha value is -0.940. The van der Waals surface area contributed by atoms with Crippen molar-refractivity contribution in [1.29, 1.82) is 0 Å². The highest BCUT2D eigenvalue weighted by Crippen LogP contribution is 2.28. The van der Waals surface area contributed by atoms with E-state index >= 15 is 0 Å². The number of hydrogen-bond acceptors (Lipinski definition) is 4. The molecule has 2 unspecified atom stereocenters. The second-order valence-corrected chi connectivity index (χ2v) is 5.44. The van der Waals surface area contributed by atoms with E-state index in [2.05, 4.69) is 22.6 Å². The minimum Gasteiger partial charge on any atom is -0.376 e. The number of aromatic nitrogens is 3. The Morgan fingerprint density at radius 3 is 3.16 bits per heavy atom. The van der Waals surface area contributed by atoms with Gasteiger partial charge in [0.25, 0.3) is 0 Å². The molecule has 1 aromatic heterocycles. The van der Waals surface area contributed by atoms with Crippen LogP contribution in [0.15, 0.2) is 6.20 Å². The molecular weight excluding hydrogens is 240 g/mol. The highest BCUT2D eigenvalue weighted by atomic mass is 16.5. The lowest BCUT2D eigenvalue weighted by Gasteiger charge is -2.28. The summed E-state index contributed by atoms with van der Waals surface area (Å²) in [6, 6.07) is 0. The smallest absolute Gasteiger partial charge is 0.0964 e. The molecule has 1 aliphatic rings. The highest BCUT2D eigenvalue weighted by Gasteiger charge is 2.20. The van der Waals surface area contributed by atoms with Gasteiger partial charge in [0.2, 0.25) is 0 Å². The molecule has 19 heavy (non-hydrogen) atoms. The molecule has 0 saturated heterocycles. The molecule has 1 aromatic rings. The lowest BCUT2D eigenvalue weighted by Crippen LogP contribution is -2.24. The Bertz CT molecular complexity index is 366. The standard InChI is InChI=1S/C14H26N4O/c1-3-12-5-4-6-14(9-12)19-8-7-18-11-13(10-15-2)16-17-18/h11-12,14-15H,3-10H2,1-2H3. The van der Waals surface area contributed by atoms with Gasteiger partial charge in [-0.25, -0.2) is 4.68 Å². The summed E-state index contributed by atoms with van der Waals surface area (Å²) in [5, 5.41) is 11.3. The zero-order chi connectivity index (χ0) is 13.5. The minimum absolute atomic E-state index is 0.457. The van der Waals surface area contributed by atoms with E-state index in [9.17, 15) is 0 Å². The third kappa shape index (κ3) is 4.58. The van der Waals surface area contributed by atoms with Crippen molar-refractivity contribution in [2.75, 3.05) is 13.7 Å².